The van der Waals surface area contributed by atoms with Gasteiger partial charge in [0.15, 0.2) is 6.61 Å². The van der Waals surface area contributed by atoms with Gasteiger partial charge in [-0.2, -0.15) is 0 Å². The van der Waals surface area contributed by atoms with Crippen LogP contribution in [-0.2, 0) is 19.6 Å². The molecule has 0 radical (unpaired) electrons. The number of primary sulfonamides is 1. The molecular weight excluding hydrogens is 336 g/mol. The minimum Gasteiger partial charge on any atom is -0.496 e. The Morgan fingerprint density at radius 2 is 1.96 bits per heavy atom. The van der Waals surface area contributed by atoms with Gasteiger partial charge < -0.3 is 14.8 Å². The third kappa shape index (κ3) is 6.17. The summed E-state index contributed by atoms with van der Waals surface area (Å²) < 4.78 is 32.6. The molecule has 0 atom stereocenters. The summed E-state index contributed by atoms with van der Waals surface area (Å²) in [5.74, 6) is -0.757. The van der Waals surface area contributed by atoms with Crippen molar-refractivity contribution >= 4 is 21.9 Å². The van der Waals surface area contributed by atoms with Gasteiger partial charge in [-0.15, -0.1) is 0 Å². The van der Waals surface area contributed by atoms with Crippen LogP contribution in [0.3, 0.4) is 0 Å². The van der Waals surface area contributed by atoms with Gasteiger partial charge in [-0.25, -0.2) is 18.4 Å². The van der Waals surface area contributed by atoms with E-state index in [9.17, 15) is 18.0 Å². The quantitative estimate of drug-likeness (QED) is 0.658. The Kier molecular flexibility index (Phi) is 7.18. The number of hydrogen-bond acceptors (Lipinski definition) is 6. The Labute approximate surface area is 141 Å². The van der Waals surface area contributed by atoms with E-state index in [4.69, 9.17) is 14.6 Å². The molecule has 0 bridgehead atoms. The van der Waals surface area contributed by atoms with Crippen LogP contribution in [0.1, 0.15) is 30.6 Å². The lowest BCUT2D eigenvalue weighted by Gasteiger charge is -2.11. The first-order valence-corrected chi connectivity index (χ1v) is 8.84. The molecule has 1 aromatic rings. The van der Waals surface area contributed by atoms with Crippen molar-refractivity contribution < 1.29 is 27.5 Å². The van der Waals surface area contributed by atoms with Crippen molar-refractivity contribution in [2.75, 3.05) is 20.3 Å². The predicted octanol–water partition coefficient (Wildman–Crippen LogP) is 0.662. The monoisotopic (exact) mass is 358 g/mol. The first-order chi connectivity index (χ1) is 11.1. The van der Waals surface area contributed by atoms with Gasteiger partial charge in [-0.05, 0) is 30.5 Å². The molecule has 0 saturated carbocycles. The highest BCUT2D eigenvalue weighted by atomic mass is 32.2. The van der Waals surface area contributed by atoms with E-state index in [1.165, 1.54) is 19.2 Å². The third-order valence-electron chi connectivity index (χ3n) is 3.10. The fourth-order valence-electron chi connectivity index (χ4n) is 1.78. The molecule has 1 aromatic carbocycles. The molecule has 0 unspecified atom stereocenters. The highest BCUT2D eigenvalue weighted by Crippen LogP contribution is 2.22. The lowest BCUT2D eigenvalue weighted by molar-refractivity contribution is -0.124. The van der Waals surface area contributed by atoms with Crippen LogP contribution in [0.5, 0.6) is 5.75 Å². The van der Waals surface area contributed by atoms with Gasteiger partial charge in [-0.1, -0.05) is 13.8 Å². The van der Waals surface area contributed by atoms with Gasteiger partial charge in [0.05, 0.1) is 12.0 Å². The number of methoxy groups -OCH3 is 1. The zero-order valence-electron chi connectivity index (χ0n) is 13.9. The zero-order valence-corrected chi connectivity index (χ0v) is 14.7. The number of carbonyl (C=O) groups excluding carboxylic acids is 2. The number of esters is 1. The van der Waals surface area contributed by atoms with E-state index in [1.807, 2.05) is 13.8 Å². The summed E-state index contributed by atoms with van der Waals surface area (Å²) in [7, 11) is -2.66. The highest BCUT2D eigenvalue weighted by molar-refractivity contribution is 7.89. The summed E-state index contributed by atoms with van der Waals surface area (Å²) in [5, 5.41) is 7.66. The lowest BCUT2D eigenvalue weighted by atomic mass is 10.1. The van der Waals surface area contributed by atoms with Crippen LogP contribution >= 0.6 is 0 Å². The fourth-order valence-corrected chi connectivity index (χ4v) is 2.32. The van der Waals surface area contributed by atoms with Crippen LogP contribution in [0, 0.1) is 5.92 Å². The molecule has 24 heavy (non-hydrogen) atoms. The fraction of sp³-hybridized carbons (Fsp3) is 0.467. The SMILES string of the molecule is COc1ccc(S(N)(=O)=O)cc1C(=O)OCC(=O)NCCC(C)C. The number of rotatable bonds is 8. The molecule has 0 spiro atoms. The van der Waals surface area contributed by atoms with Gasteiger partial charge in [-0.3, -0.25) is 4.79 Å². The Bertz CT molecular complexity index is 700. The molecule has 0 aliphatic rings. The van der Waals surface area contributed by atoms with Crippen LogP contribution in [-0.4, -0.2) is 40.6 Å². The van der Waals surface area contributed by atoms with Crippen molar-refractivity contribution in [3.8, 4) is 5.75 Å². The van der Waals surface area contributed by atoms with E-state index in [0.29, 0.717) is 12.5 Å². The van der Waals surface area contributed by atoms with Crippen LogP contribution in [0.2, 0.25) is 0 Å². The van der Waals surface area contributed by atoms with E-state index < -0.39 is 28.5 Å². The molecule has 0 aliphatic carbocycles. The van der Waals surface area contributed by atoms with Crippen molar-refractivity contribution in [3.05, 3.63) is 23.8 Å². The summed E-state index contributed by atoms with van der Waals surface area (Å²) in [6, 6.07) is 3.55. The number of nitrogens with two attached hydrogens (primary N) is 1. The average molecular weight is 358 g/mol. The minimum absolute atomic E-state index is 0.118. The first-order valence-electron chi connectivity index (χ1n) is 7.29. The molecule has 0 saturated heterocycles. The van der Waals surface area contributed by atoms with Gasteiger partial charge >= 0.3 is 5.97 Å². The third-order valence-corrected chi connectivity index (χ3v) is 4.01. The number of benzene rings is 1. The molecule has 9 heteroatoms. The van der Waals surface area contributed by atoms with Crippen LogP contribution in [0.25, 0.3) is 0 Å². The van der Waals surface area contributed by atoms with Crippen molar-refractivity contribution in [1.82, 2.24) is 5.32 Å². The van der Waals surface area contributed by atoms with Crippen LogP contribution in [0.4, 0.5) is 0 Å². The lowest BCUT2D eigenvalue weighted by Crippen LogP contribution is -2.30. The van der Waals surface area contributed by atoms with Crippen molar-refractivity contribution in [2.24, 2.45) is 11.1 Å². The second-order valence-electron chi connectivity index (χ2n) is 5.52. The smallest absolute Gasteiger partial charge is 0.342 e. The minimum atomic E-state index is -3.98. The standard InChI is InChI=1S/C15H22N2O6S/c1-10(2)6-7-17-14(18)9-23-15(19)12-8-11(24(16,20)21)4-5-13(12)22-3/h4-5,8,10H,6-7,9H2,1-3H3,(H,17,18)(H2,16,20,21). The first kappa shape index (κ1) is 19.9. The predicted molar refractivity (Wildman–Crippen MR) is 87.1 cm³/mol. The second-order valence-corrected chi connectivity index (χ2v) is 7.08. The molecule has 3 N–H and O–H groups in total. The van der Waals surface area contributed by atoms with E-state index in [1.54, 1.807) is 0 Å². The summed E-state index contributed by atoms with van der Waals surface area (Å²) in [6.45, 7) is 4.06. The maximum atomic E-state index is 12.1. The Morgan fingerprint density at radius 1 is 1.29 bits per heavy atom. The summed E-state index contributed by atoms with van der Waals surface area (Å²) in [4.78, 5) is 23.4. The van der Waals surface area contributed by atoms with Gasteiger partial charge in [0.2, 0.25) is 10.0 Å². The molecule has 1 rings (SSSR count). The zero-order chi connectivity index (χ0) is 18.3. The van der Waals surface area contributed by atoms with Crippen LogP contribution in [0.15, 0.2) is 23.1 Å². The maximum absolute atomic E-state index is 12.1. The highest BCUT2D eigenvalue weighted by Gasteiger charge is 2.19. The number of hydrogen-bond donors (Lipinski definition) is 2. The van der Waals surface area contributed by atoms with E-state index in [-0.39, 0.29) is 16.2 Å². The summed E-state index contributed by atoms with van der Waals surface area (Å²) in [5.41, 5.74) is -0.126. The van der Waals surface area contributed by atoms with Crippen LogP contribution < -0.4 is 15.2 Å². The number of amides is 1. The van der Waals surface area contributed by atoms with Gasteiger partial charge in [0.1, 0.15) is 11.3 Å². The molecule has 1 amide bonds. The second kappa shape index (κ2) is 8.65. The normalized spacial score (nSPS) is 11.2. The summed E-state index contributed by atoms with van der Waals surface area (Å²) >= 11 is 0. The number of carbonyl (C=O) groups is 2. The number of ether oxygens (including phenoxy) is 2. The summed E-state index contributed by atoms with van der Waals surface area (Å²) in [6.07, 6.45) is 0.809. The number of sulfonamides is 1. The largest absolute Gasteiger partial charge is 0.496 e. The topological polar surface area (TPSA) is 125 Å². The molecule has 0 heterocycles. The molecule has 0 aromatic heterocycles. The van der Waals surface area contributed by atoms with E-state index in [2.05, 4.69) is 5.32 Å². The average Bonchev–Trinajstić information content (AvgIpc) is 2.50. The molecular formula is C15H22N2O6S. The van der Waals surface area contributed by atoms with E-state index in [0.717, 1.165) is 12.5 Å². The van der Waals surface area contributed by atoms with Gasteiger partial charge in [0, 0.05) is 6.54 Å². The van der Waals surface area contributed by atoms with Crippen molar-refractivity contribution in [1.29, 1.82) is 0 Å². The Balaban J connectivity index is 2.75. The molecule has 134 valence electrons. The van der Waals surface area contributed by atoms with Crippen molar-refractivity contribution in [2.45, 2.75) is 25.2 Å². The Morgan fingerprint density at radius 3 is 2.50 bits per heavy atom. The molecule has 8 nitrogen and oxygen atoms in total. The molecule has 0 fully saturated rings. The Hall–Kier alpha value is -2.13. The maximum Gasteiger partial charge on any atom is 0.342 e. The van der Waals surface area contributed by atoms with E-state index >= 15 is 0 Å². The molecule has 0 aliphatic heterocycles. The van der Waals surface area contributed by atoms with Crippen molar-refractivity contribution in [3.63, 3.8) is 0 Å². The van der Waals surface area contributed by atoms with Gasteiger partial charge in [0.25, 0.3) is 5.91 Å². The number of nitrogens with one attached hydrogen (secondary N) is 1.